The number of nitrogens with zero attached hydrogens (tertiary/aromatic N) is 3. The van der Waals surface area contributed by atoms with Gasteiger partial charge in [0.25, 0.3) is 5.91 Å². The van der Waals surface area contributed by atoms with Gasteiger partial charge < -0.3 is 5.32 Å². The van der Waals surface area contributed by atoms with Gasteiger partial charge in [-0.3, -0.25) is 4.79 Å². The number of amides is 1. The van der Waals surface area contributed by atoms with E-state index in [-0.39, 0.29) is 5.56 Å². The number of aromatic nitrogens is 3. The Bertz CT molecular complexity index is 815. The van der Waals surface area contributed by atoms with Gasteiger partial charge in [-0.1, -0.05) is 6.07 Å². The first kappa shape index (κ1) is 13.9. The molecule has 0 bridgehead atoms. The molecule has 3 aromatic rings. The molecule has 0 aliphatic carbocycles. The maximum atomic E-state index is 13.6. The number of nitrogens with one attached hydrogen (secondary N) is 1. The van der Waals surface area contributed by atoms with Gasteiger partial charge >= 0.3 is 0 Å². The second kappa shape index (κ2) is 5.77. The summed E-state index contributed by atoms with van der Waals surface area (Å²) in [6, 6.07) is 9.55. The zero-order valence-electron chi connectivity index (χ0n) is 11.8. The van der Waals surface area contributed by atoms with E-state index < -0.39 is 11.7 Å². The predicted molar refractivity (Wildman–Crippen MR) is 80.4 cm³/mol. The highest BCUT2D eigenvalue weighted by molar-refractivity contribution is 6.05. The Hall–Kier alpha value is -3.02. The van der Waals surface area contributed by atoms with Crippen LogP contribution in [0.25, 0.3) is 5.82 Å². The number of rotatable bonds is 3. The van der Waals surface area contributed by atoms with Gasteiger partial charge in [0, 0.05) is 24.2 Å². The average Bonchev–Trinajstić information content (AvgIpc) is 3.04. The lowest BCUT2D eigenvalue weighted by atomic mass is 10.1. The molecule has 0 fully saturated rings. The summed E-state index contributed by atoms with van der Waals surface area (Å²) in [5.41, 5.74) is 1.24. The molecule has 0 spiro atoms. The maximum absolute atomic E-state index is 13.6. The molecule has 110 valence electrons. The van der Waals surface area contributed by atoms with Gasteiger partial charge in [0.1, 0.15) is 5.82 Å². The van der Waals surface area contributed by atoms with E-state index in [2.05, 4.69) is 15.4 Å². The maximum Gasteiger partial charge on any atom is 0.255 e. The van der Waals surface area contributed by atoms with Gasteiger partial charge in [-0.25, -0.2) is 14.1 Å². The summed E-state index contributed by atoms with van der Waals surface area (Å²) in [6.07, 6.45) is 4.96. The first-order valence-electron chi connectivity index (χ1n) is 6.67. The van der Waals surface area contributed by atoms with E-state index in [1.165, 1.54) is 6.07 Å². The first-order valence-corrected chi connectivity index (χ1v) is 6.67. The van der Waals surface area contributed by atoms with Crippen LogP contribution in [0.3, 0.4) is 0 Å². The molecule has 22 heavy (non-hydrogen) atoms. The van der Waals surface area contributed by atoms with Crippen LogP contribution >= 0.6 is 0 Å². The quantitative estimate of drug-likeness (QED) is 0.808. The third kappa shape index (κ3) is 2.71. The second-order valence-electron chi connectivity index (χ2n) is 4.74. The van der Waals surface area contributed by atoms with Crippen molar-refractivity contribution < 1.29 is 9.18 Å². The van der Waals surface area contributed by atoms with Crippen LogP contribution in [-0.4, -0.2) is 20.7 Å². The van der Waals surface area contributed by atoms with Gasteiger partial charge in [0.05, 0.1) is 5.69 Å². The Labute approximate surface area is 126 Å². The van der Waals surface area contributed by atoms with Crippen molar-refractivity contribution in [3.63, 3.8) is 0 Å². The molecule has 2 heterocycles. The minimum atomic E-state index is -0.411. The molecule has 0 aliphatic heterocycles. The molecule has 0 saturated carbocycles. The number of carbonyl (C=O) groups excluding carboxylic acids is 1. The van der Waals surface area contributed by atoms with Crippen molar-refractivity contribution in [1.29, 1.82) is 0 Å². The van der Waals surface area contributed by atoms with Crippen LogP contribution in [0.15, 0.2) is 55.0 Å². The average molecular weight is 296 g/mol. The Balaban J connectivity index is 1.90. The number of benzene rings is 1. The van der Waals surface area contributed by atoms with E-state index >= 15 is 0 Å². The standard InChI is InChI=1S/C16H13FN4O/c1-11-5-6-12(10-13(11)17)16(22)20-14-4-2-7-18-15(14)21-9-3-8-19-21/h2-10H,1H3,(H,20,22). The summed E-state index contributed by atoms with van der Waals surface area (Å²) in [4.78, 5) is 16.5. The molecule has 1 N–H and O–H groups in total. The molecular formula is C16H13FN4O. The molecule has 2 aromatic heterocycles. The highest BCUT2D eigenvalue weighted by atomic mass is 19.1. The molecule has 6 heteroatoms. The van der Waals surface area contributed by atoms with Crippen molar-refractivity contribution in [3.05, 3.63) is 71.9 Å². The van der Waals surface area contributed by atoms with Crippen molar-refractivity contribution in [2.75, 3.05) is 5.32 Å². The Kier molecular flexibility index (Phi) is 3.65. The largest absolute Gasteiger partial charge is 0.319 e. The molecule has 5 nitrogen and oxygen atoms in total. The zero-order chi connectivity index (χ0) is 15.5. The first-order chi connectivity index (χ1) is 10.6. The molecule has 0 aliphatic rings. The van der Waals surface area contributed by atoms with Crippen molar-refractivity contribution in [1.82, 2.24) is 14.8 Å². The summed E-state index contributed by atoms with van der Waals surface area (Å²) in [5.74, 6) is -0.320. The fourth-order valence-corrected chi connectivity index (χ4v) is 2.00. The number of hydrogen-bond acceptors (Lipinski definition) is 3. The van der Waals surface area contributed by atoms with Crippen LogP contribution in [0.4, 0.5) is 10.1 Å². The number of anilines is 1. The highest BCUT2D eigenvalue weighted by Gasteiger charge is 2.12. The van der Waals surface area contributed by atoms with E-state index in [1.807, 2.05) is 0 Å². The van der Waals surface area contributed by atoms with Crippen molar-refractivity contribution in [2.24, 2.45) is 0 Å². The van der Waals surface area contributed by atoms with E-state index in [0.717, 1.165) is 0 Å². The fraction of sp³-hybridized carbons (Fsp3) is 0.0625. The molecule has 0 radical (unpaired) electrons. The molecule has 0 unspecified atom stereocenters. The summed E-state index contributed by atoms with van der Waals surface area (Å²) in [5, 5.41) is 6.83. The van der Waals surface area contributed by atoms with Gasteiger partial charge in [-0.05, 0) is 42.8 Å². The molecule has 1 amide bonds. The smallest absolute Gasteiger partial charge is 0.255 e. The normalized spacial score (nSPS) is 10.5. The van der Waals surface area contributed by atoms with Crippen LogP contribution in [0, 0.1) is 12.7 Å². The minimum absolute atomic E-state index is 0.248. The molecular weight excluding hydrogens is 283 g/mol. The minimum Gasteiger partial charge on any atom is -0.319 e. The van der Waals surface area contributed by atoms with E-state index in [4.69, 9.17) is 0 Å². The van der Waals surface area contributed by atoms with E-state index in [0.29, 0.717) is 17.1 Å². The van der Waals surface area contributed by atoms with Crippen LogP contribution in [0.2, 0.25) is 0 Å². The highest BCUT2D eigenvalue weighted by Crippen LogP contribution is 2.18. The molecule has 0 atom stereocenters. The van der Waals surface area contributed by atoms with Gasteiger partial charge in [0.2, 0.25) is 0 Å². The van der Waals surface area contributed by atoms with Crippen LogP contribution < -0.4 is 5.32 Å². The molecule has 0 saturated heterocycles. The number of pyridine rings is 1. The number of hydrogen-bond donors (Lipinski definition) is 1. The van der Waals surface area contributed by atoms with E-state index in [9.17, 15) is 9.18 Å². The lowest BCUT2D eigenvalue weighted by Gasteiger charge is -2.10. The number of carbonyl (C=O) groups is 1. The lowest BCUT2D eigenvalue weighted by Crippen LogP contribution is -2.15. The van der Waals surface area contributed by atoms with Crippen molar-refractivity contribution in [3.8, 4) is 5.82 Å². The number of aryl methyl sites for hydroxylation is 1. The Morgan fingerprint density at radius 2 is 2.09 bits per heavy atom. The molecule has 3 rings (SSSR count). The monoisotopic (exact) mass is 296 g/mol. The topological polar surface area (TPSA) is 59.8 Å². The van der Waals surface area contributed by atoms with Crippen molar-refractivity contribution in [2.45, 2.75) is 6.92 Å². The van der Waals surface area contributed by atoms with E-state index in [1.54, 1.807) is 60.5 Å². The summed E-state index contributed by atoms with van der Waals surface area (Å²) >= 11 is 0. The van der Waals surface area contributed by atoms with Gasteiger partial charge in [-0.2, -0.15) is 5.10 Å². The Morgan fingerprint density at radius 1 is 1.23 bits per heavy atom. The van der Waals surface area contributed by atoms with Gasteiger partial charge in [-0.15, -0.1) is 0 Å². The predicted octanol–water partition coefficient (Wildman–Crippen LogP) is 2.97. The van der Waals surface area contributed by atoms with Gasteiger partial charge in [0.15, 0.2) is 5.82 Å². The SMILES string of the molecule is Cc1ccc(C(=O)Nc2cccnc2-n2cccn2)cc1F. The number of halogens is 1. The Morgan fingerprint density at radius 3 is 2.82 bits per heavy atom. The third-order valence-corrected chi connectivity index (χ3v) is 3.19. The summed E-state index contributed by atoms with van der Waals surface area (Å²) < 4.78 is 15.1. The zero-order valence-corrected chi connectivity index (χ0v) is 11.8. The second-order valence-corrected chi connectivity index (χ2v) is 4.74. The third-order valence-electron chi connectivity index (χ3n) is 3.19. The van der Waals surface area contributed by atoms with Crippen LogP contribution in [0.5, 0.6) is 0 Å². The van der Waals surface area contributed by atoms with Crippen LogP contribution in [0.1, 0.15) is 15.9 Å². The fourth-order valence-electron chi connectivity index (χ4n) is 2.00. The lowest BCUT2D eigenvalue weighted by molar-refractivity contribution is 0.102. The van der Waals surface area contributed by atoms with Crippen LogP contribution in [-0.2, 0) is 0 Å². The molecule has 1 aromatic carbocycles. The van der Waals surface area contributed by atoms with Crippen molar-refractivity contribution >= 4 is 11.6 Å². The summed E-state index contributed by atoms with van der Waals surface area (Å²) in [6.45, 7) is 1.65. The summed E-state index contributed by atoms with van der Waals surface area (Å²) in [7, 11) is 0.